The van der Waals surface area contributed by atoms with Crippen LogP contribution in [0.15, 0.2) is 260 Å². The Morgan fingerprint density at radius 2 is 0.652 bits per heavy atom. The van der Waals surface area contributed by atoms with Crippen molar-refractivity contribution in [2.24, 2.45) is 0 Å². The summed E-state index contributed by atoms with van der Waals surface area (Å²) < 4.78 is 134. The van der Waals surface area contributed by atoms with E-state index in [1.807, 2.05) is 121 Å². The van der Waals surface area contributed by atoms with Gasteiger partial charge in [-0.1, -0.05) is 183 Å². The molecule has 13 aromatic rings. The summed E-state index contributed by atoms with van der Waals surface area (Å²) in [5.41, 5.74) is 9.45. The third-order valence-electron chi connectivity index (χ3n) is 17.7. The second-order valence-corrected chi connectivity index (χ2v) is 22.2. The molecule has 0 radical (unpaired) electrons. The van der Waals surface area contributed by atoms with Crippen molar-refractivity contribution >= 4 is 68.2 Å². The fraction of sp³-hybridized carbons (Fsp3) is 0.0256. The van der Waals surface area contributed by atoms with E-state index in [0.717, 1.165) is 67.8 Å². The molecule has 2 aliphatic rings. The minimum Gasteiger partial charge on any atom is -0.452 e. The molecule has 0 spiro atoms. The van der Waals surface area contributed by atoms with Gasteiger partial charge in [0.15, 0.2) is 34.4 Å². The third kappa shape index (κ3) is 8.25. The van der Waals surface area contributed by atoms with Gasteiger partial charge in [-0.05, 0) is 139 Å². The highest BCUT2D eigenvalue weighted by Crippen LogP contribution is 2.60. The van der Waals surface area contributed by atoms with Gasteiger partial charge in [0.05, 0.1) is 33.6 Å². The molecule has 0 saturated carbocycles. The van der Waals surface area contributed by atoms with Crippen LogP contribution in [0.4, 0.5) is 69.2 Å². The van der Waals surface area contributed by atoms with Crippen LogP contribution in [-0.4, -0.2) is 0 Å². The van der Waals surface area contributed by atoms with E-state index in [1.54, 1.807) is 84.9 Å². The van der Waals surface area contributed by atoms with E-state index >= 15 is 35.1 Å². The smallest absolute Gasteiger partial charge is 0.161 e. The van der Waals surface area contributed by atoms with Crippen molar-refractivity contribution in [2.75, 3.05) is 9.80 Å². The summed E-state index contributed by atoms with van der Waals surface area (Å²) in [6, 6.07) is 67.7. The average molecular weight is 1180 g/mol. The number of hydrogen-bond acceptors (Lipinski definition) is 3. The summed E-state index contributed by atoms with van der Waals surface area (Å²) in [6.45, 7) is 7.93. The lowest BCUT2D eigenvalue weighted by Gasteiger charge is -2.35. The lowest BCUT2D eigenvalue weighted by atomic mass is 9.67. The van der Waals surface area contributed by atoms with Gasteiger partial charge in [-0.3, -0.25) is 0 Å². The van der Waals surface area contributed by atoms with Crippen LogP contribution >= 0.6 is 0 Å². The highest BCUT2D eigenvalue weighted by molar-refractivity contribution is 6.14. The fourth-order valence-electron chi connectivity index (χ4n) is 13.9. The molecule has 0 fully saturated rings. The fourth-order valence-corrected chi connectivity index (χ4v) is 13.9. The van der Waals surface area contributed by atoms with Crippen molar-refractivity contribution in [3.05, 3.63) is 358 Å². The van der Waals surface area contributed by atoms with Crippen molar-refractivity contribution in [3.63, 3.8) is 0 Å². The number of para-hydroxylation sites is 2. The number of furan rings is 1. The molecule has 1 heterocycles. The summed E-state index contributed by atoms with van der Waals surface area (Å²) in [5, 5.41) is 0.912. The van der Waals surface area contributed by atoms with Gasteiger partial charge in [0.1, 0.15) is 23.3 Å². The van der Waals surface area contributed by atoms with E-state index in [2.05, 4.69) is 13.2 Å². The third-order valence-corrected chi connectivity index (χ3v) is 17.7. The Morgan fingerprint density at radius 3 is 1.03 bits per heavy atom. The van der Waals surface area contributed by atoms with Gasteiger partial charge in [0.2, 0.25) is 0 Å². The van der Waals surface area contributed by atoms with Crippen molar-refractivity contribution in [1.29, 1.82) is 0 Å². The maximum atomic E-state index is 17.0. The van der Waals surface area contributed by atoms with E-state index in [-0.39, 0.29) is 45.3 Å². The van der Waals surface area contributed by atoms with E-state index in [9.17, 15) is 0 Å². The molecular weight excluding hydrogens is 1130 g/mol. The second kappa shape index (κ2) is 20.8. The Morgan fingerprint density at radius 1 is 0.303 bits per heavy atom. The first-order valence-electron chi connectivity index (χ1n) is 28.6. The number of fused-ring (bicyclic) bond motifs is 9. The number of benzene rings is 12. The van der Waals surface area contributed by atoms with Gasteiger partial charge in [0.25, 0.3) is 0 Å². The summed E-state index contributed by atoms with van der Waals surface area (Å²) in [6.07, 6.45) is 3.46. The normalized spacial score (nSPS) is 15.4. The lowest BCUT2D eigenvalue weighted by Crippen LogP contribution is -2.29. The molecule has 430 valence electrons. The number of nitrogens with zero attached hydrogens (tertiary/aromatic N) is 2. The molecule has 2 aliphatic carbocycles. The molecule has 0 aliphatic heterocycles. The molecular formula is C78H46F8N2O. The van der Waals surface area contributed by atoms with Gasteiger partial charge in [-0.15, -0.1) is 0 Å². The van der Waals surface area contributed by atoms with Gasteiger partial charge in [0, 0.05) is 46.4 Å². The highest BCUT2D eigenvalue weighted by atomic mass is 19.2. The zero-order chi connectivity index (χ0) is 61.0. The second-order valence-electron chi connectivity index (χ2n) is 22.2. The lowest BCUT2D eigenvalue weighted by molar-refractivity contribution is 0.495. The van der Waals surface area contributed by atoms with Gasteiger partial charge >= 0.3 is 0 Å². The van der Waals surface area contributed by atoms with Crippen molar-refractivity contribution in [1.82, 2.24) is 0 Å². The van der Waals surface area contributed by atoms with Crippen LogP contribution in [-0.2, 0) is 10.8 Å². The largest absolute Gasteiger partial charge is 0.452 e. The highest BCUT2D eigenvalue weighted by Gasteiger charge is 2.48. The Balaban J connectivity index is 0.978. The van der Waals surface area contributed by atoms with Crippen LogP contribution in [0.5, 0.6) is 0 Å². The molecule has 89 heavy (non-hydrogen) atoms. The molecule has 0 amide bonds. The first kappa shape index (κ1) is 54.6. The maximum Gasteiger partial charge on any atom is 0.161 e. The molecule has 0 bridgehead atoms. The molecule has 15 rings (SSSR count). The number of anilines is 6. The first-order chi connectivity index (χ1) is 43.3. The topological polar surface area (TPSA) is 19.6 Å². The van der Waals surface area contributed by atoms with Gasteiger partial charge < -0.3 is 14.2 Å². The van der Waals surface area contributed by atoms with E-state index in [0.29, 0.717) is 45.2 Å². The van der Waals surface area contributed by atoms with Crippen LogP contribution in [0.1, 0.15) is 55.6 Å². The Hall–Kier alpha value is -11.0. The van der Waals surface area contributed by atoms with Crippen LogP contribution in [0.3, 0.4) is 0 Å². The molecule has 2 unspecified atom stereocenters. The molecule has 3 nitrogen and oxygen atoms in total. The molecule has 0 saturated heterocycles. The Kier molecular flexibility index (Phi) is 12.8. The first-order valence-corrected chi connectivity index (χ1v) is 28.6. The standard InChI is InChI=1S/C78H46F8N2O/c1-3-45-19-23-47(24-20-45)77(49-27-31-51(79)32-28-49)61-15-7-5-11-55(61)57-37-35-53(39-63(57)77)87(73-43-67(83)65(81)41-69(73)85)71-17-9-13-59-60-14-10-18-72(76(60)89-75(59)71)88(74-44-68(84)66(82)42-70(74)86)54-36-38-58-56-12-6-8-16-62(56)78(64(58)40-54,50-29-33-52(80)34-30-50)48-25-21-46(4-2)22-26-48/h3-44H,1-2H2. The molecule has 2 atom stereocenters. The molecule has 12 aromatic carbocycles. The average Bonchev–Trinajstić information content (AvgIpc) is 1.59. The SMILES string of the molecule is C=Cc1ccc(C2(c3ccc(F)cc3)c3ccccc3-c3ccc(N(c4cc(F)c(F)cc4F)c4cccc5c4oc4c(N(c6ccc7c(c6)C(c6ccc(F)cc6)(c6ccc(C=C)cc6)c6ccccc6-7)c6cc(F)c(F)cc6F)cccc45)cc32)cc1. The number of halogens is 8. The summed E-state index contributed by atoms with van der Waals surface area (Å²) >= 11 is 0. The monoisotopic (exact) mass is 1180 g/mol. The van der Waals surface area contributed by atoms with Crippen LogP contribution in [0.2, 0.25) is 0 Å². The maximum absolute atomic E-state index is 17.0. The van der Waals surface area contributed by atoms with E-state index in [1.165, 1.54) is 34.1 Å². The summed E-state index contributed by atoms with van der Waals surface area (Å²) in [5.74, 6) is -8.61. The predicted molar refractivity (Wildman–Crippen MR) is 338 cm³/mol. The Bertz CT molecular complexity index is 4740. The zero-order valence-electron chi connectivity index (χ0n) is 47.0. The summed E-state index contributed by atoms with van der Waals surface area (Å²) in [7, 11) is 0. The number of rotatable bonds is 12. The van der Waals surface area contributed by atoms with Crippen molar-refractivity contribution in [3.8, 4) is 22.3 Å². The van der Waals surface area contributed by atoms with Crippen LogP contribution in [0.25, 0.3) is 56.3 Å². The number of hydrogen-bond donors (Lipinski definition) is 0. The predicted octanol–water partition coefficient (Wildman–Crippen LogP) is 21.7. The van der Waals surface area contributed by atoms with Gasteiger partial charge in [-0.2, -0.15) is 0 Å². The minimum absolute atomic E-state index is 0.126. The molecule has 11 heteroatoms. The zero-order valence-corrected chi connectivity index (χ0v) is 47.0. The summed E-state index contributed by atoms with van der Waals surface area (Å²) in [4.78, 5) is 2.90. The van der Waals surface area contributed by atoms with Crippen molar-refractivity contribution in [2.45, 2.75) is 10.8 Å². The van der Waals surface area contributed by atoms with Crippen molar-refractivity contribution < 1.29 is 39.5 Å². The van der Waals surface area contributed by atoms with Crippen LogP contribution < -0.4 is 9.80 Å². The minimum atomic E-state index is -1.42. The van der Waals surface area contributed by atoms with Crippen LogP contribution in [0, 0.1) is 46.5 Å². The van der Waals surface area contributed by atoms with E-state index in [4.69, 9.17) is 4.42 Å². The van der Waals surface area contributed by atoms with Gasteiger partial charge in [-0.25, -0.2) is 35.1 Å². The quantitative estimate of drug-likeness (QED) is 0.0898. The molecule has 0 N–H and O–H groups in total. The molecule has 1 aromatic heterocycles. The Labute approximate surface area is 506 Å². The van der Waals surface area contributed by atoms with E-state index < -0.39 is 57.4 Å².